The minimum absolute atomic E-state index is 0.106. The van der Waals surface area contributed by atoms with Gasteiger partial charge in [-0.05, 0) is 38.3 Å². The van der Waals surface area contributed by atoms with Crippen molar-refractivity contribution in [3.05, 3.63) is 35.4 Å². The smallest absolute Gasteiger partial charge is 0.339 e. The maximum Gasteiger partial charge on any atom is 0.435 e. The van der Waals surface area contributed by atoms with Crippen molar-refractivity contribution >= 4 is 5.95 Å². The van der Waals surface area contributed by atoms with Gasteiger partial charge in [0.05, 0.1) is 6.04 Å². The Morgan fingerprint density at radius 1 is 1.26 bits per heavy atom. The second-order valence-electron chi connectivity index (χ2n) is 5.86. The van der Waals surface area contributed by atoms with E-state index in [1.54, 1.807) is 6.20 Å². The summed E-state index contributed by atoms with van der Waals surface area (Å²) in [4.78, 5) is 10.8. The van der Waals surface area contributed by atoms with E-state index in [4.69, 9.17) is 0 Å². The average molecular weight is 325 g/mol. The van der Waals surface area contributed by atoms with Crippen LogP contribution in [0.3, 0.4) is 0 Å². The molecule has 1 fully saturated rings. The van der Waals surface area contributed by atoms with E-state index in [0.717, 1.165) is 36.7 Å². The summed E-state index contributed by atoms with van der Waals surface area (Å²) in [5.41, 5.74) is 1.08. The molecule has 0 aromatic carbocycles. The quantitative estimate of drug-likeness (QED) is 0.851. The van der Waals surface area contributed by atoms with Gasteiger partial charge in [-0.1, -0.05) is 0 Å². The summed E-state index contributed by atoms with van der Waals surface area (Å²) < 4.78 is 39.5. The molecule has 2 aromatic heterocycles. The lowest BCUT2D eigenvalue weighted by atomic mass is 10.1. The molecule has 0 bridgehead atoms. The van der Waals surface area contributed by atoms with Crippen molar-refractivity contribution in [2.75, 3.05) is 18.0 Å². The second kappa shape index (κ2) is 5.82. The molecule has 0 unspecified atom stereocenters. The van der Waals surface area contributed by atoms with Crippen molar-refractivity contribution < 1.29 is 13.2 Å². The number of hydrogen-bond donors (Lipinski definition) is 0. The van der Waals surface area contributed by atoms with Gasteiger partial charge in [0.2, 0.25) is 5.95 Å². The minimum atomic E-state index is -4.41. The van der Waals surface area contributed by atoms with Gasteiger partial charge < -0.3 is 4.90 Å². The highest BCUT2D eigenvalue weighted by Crippen LogP contribution is 2.29. The molecular formula is C15H18F3N5. The first-order chi connectivity index (χ1) is 10.8. The highest BCUT2D eigenvalue weighted by atomic mass is 19.4. The van der Waals surface area contributed by atoms with Crippen LogP contribution >= 0.6 is 0 Å². The van der Waals surface area contributed by atoms with Crippen LogP contribution in [-0.2, 0) is 6.18 Å². The third-order valence-corrected chi connectivity index (χ3v) is 4.16. The summed E-state index contributed by atoms with van der Waals surface area (Å²) in [7, 11) is 0. The highest BCUT2D eigenvalue weighted by Gasteiger charge is 2.34. The first-order valence-electron chi connectivity index (χ1n) is 7.52. The lowest BCUT2D eigenvalue weighted by molar-refractivity contribution is -0.141. The van der Waals surface area contributed by atoms with Crippen LogP contribution in [-0.4, -0.2) is 32.8 Å². The molecule has 1 saturated heterocycles. The van der Waals surface area contributed by atoms with E-state index in [1.165, 1.54) is 10.9 Å². The van der Waals surface area contributed by atoms with Gasteiger partial charge in [-0.2, -0.15) is 18.3 Å². The molecule has 1 aliphatic heterocycles. The van der Waals surface area contributed by atoms with Crippen LogP contribution in [0.15, 0.2) is 18.5 Å². The van der Waals surface area contributed by atoms with E-state index in [1.807, 2.05) is 18.7 Å². The van der Waals surface area contributed by atoms with Gasteiger partial charge in [-0.15, -0.1) is 0 Å². The number of nitrogens with zero attached hydrogens (tertiary/aromatic N) is 5. The van der Waals surface area contributed by atoms with Crippen molar-refractivity contribution in [1.82, 2.24) is 19.7 Å². The molecule has 0 radical (unpaired) electrons. The molecule has 3 heterocycles. The Balaban J connectivity index is 1.78. The van der Waals surface area contributed by atoms with Crippen LogP contribution < -0.4 is 4.90 Å². The van der Waals surface area contributed by atoms with Crippen molar-refractivity contribution in [3.8, 4) is 0 Å². The molecule has 124 valence electrons. The van der Waals surface area contributed by atoms with Crippen LogP contribution in [0.1, 0.15) is 35.8 Å². The Labute approximate surface area is 132 Å². The average Bonchev–Trinajstić information content (AvgIpc) is 3.00. The van der Waals surface area contributed by atoms with E-state index in [-0.39, 0.29) is 6.04 Å². The van der Waals surface area contributed by atoms with Gasteiger partial charge >= 0.3 is 6.18 Å². The van der Waals surface area contributed by atoms with Gasteiger partial charge in [0.15, 0.2) is 5.69 Å². The van der Waals surface area contributed by atoms with Crippen molar-refractivity contribution in [2.24, 2.45) is 0 Å². The van der Waals surface area contributed by atoms with Gasteiger partial charge in [0.1, 0.15) is 0 Å². The van der Waals surface area contributed by atoms with E-state index >= 15 is 0 Å². The molecule has 3 rings (SSSR count). The van der Waals surface area contributed by atoms with Crippen molar-refractivity contribution in [2.45, 2.75) is 38.9 Å². The molecule has 0 N–H and O–H groups in total. The van der Waals surface area contributed by atoms with Gasteiger partial charge in [-0.25, -0.2) is 9.97 Å². The Morgan fingerprint density at radius 2 is 2.04 bits per heavy atom. The predicted octanol–water partition coefficient (Wildman–Crippen LogP) is 3.15. The fourth-order valence-electron chi connectivity index (χ4n) is 2.71. The molecule has 0 saturated carbocycles. The lowest BCUT2D eigenvalue weighted by Gasteiger charge is -2.33. The third kappa shape index (κ3) is 3.30. The van der Waals surface area contributed by atoms with Crippen molar-refractivity contribution in [1.29, 1.82) is 0 Å². The zero-order valence-corrected chi connectivity index (χ0v) is 13.0. The molecule has 1 aliphatic rings. The van der Waals surface area contributed by atoms with Crippen LogP contribution in [0, 0.1) is 13.8 Å². The van der Waals surface area contributed by atoms with Gasteiger partial charge in [0, 0.05) is 31.2 Å². The normalized spacial score (nSPS) is 19.2. The number of hydrogen-bond acceptors (Lipinski definition) is 4. The summed E-state index contributed by atoms with van der Waals surface area (Å²) in [5, 5.41) is 3.69. The summed E-state index contributed by atoms with van der Waals surface area (Å²) >= 11 is 0. The molecule has 23 heavy (non-hydrogen) atoms. The van der Waals surface area contributed by atoms with Gasteiger partial charge in [-0.3, -0.25) is 4.68 Å². The van der Waals surface area contributed by atoms with Crippen LogP contribution in [0.2, 0.25) is 0 Å². The standard InChI is InChI=1S/C15H18F3N5/c1-10-8-19-14(20-11(10)2)22-6-3-4-12(9-22)23-7-5-13(21-23)15(16,17)18/h5,7-8,12H,3-4,6,9H2,1-2H3/t12-/m0/s1. The molecule has 0 aliphatic carbocycles. The maximum absolute atomic E-state index is 12.7. The molecule has 1 atom stereocenters. The minimum Gasteiger partial charge on any atom is -0.339 e. The van der Waals surface area contributed by atoms with E-state index < -0.39 is 11.9 Å². The zero-order chi connectivity index (χ0) is 16.6. The summed E-state index contributed by atoms with van der Waals surface area (Å²) in [6.45, 7) is 5.22. The number of anilines is 1. The van der Waals surface area contributed by atoms with Crippen LogP contribution in [0.5, 0.6) is 0 Å². The zero-order valence-electron chi connectivity index (χ0n) is 13.0. The second-order valence-corrected chi connectivity index (χ2v) is 5.86. The largest absolute Gasteiger partial charge is 0.435 e. The first-order valence-corrected chi connectivity index (χ1v) is 7.52. The Bertz CT molecular complexity index is 695. The third-order valence-electron chi connectivity index (χ3n) is 4.16. The summed E-state index contributed by atoms with van der Waals surface area (Å²) in [6.07, 6.45) is 0.425. The fraction of sp³-hybridized carbons (Fsp3) is 0.533. The topological polar surface area (TPSA) is 46.8 Å². The molecule has 0 spiro atoms. The SMILES string of the molecule is Cc1cnc(N2CCC[C@H](n3ccc(C(F)(F)F)n3)C2)nc1C. The number of aryl methyl sites for hydroxylation is 2. The Morgan fingerprint density at radius 3 is 2.70 bits per heavy atom. The monoisotopic (exact) mass is 325 g/mol. The highest BCUT2D eigenvalue weighted by molar-refractivity contribution is 5.33. The Kier molecular flexibility index (Phi) is 3.99. The molecule has 8 heteroatoms. The van der Waals surface area contributed by atoms with E-state index in [2.05, 4.69) is 15.1 Å². The van der Waals surface area contributed by atoms with Gasteiger partial charge in [0.25, 0.3) is 0 Å². The van der Waals surface area contributed by atoms with Crippen LogP contribution in [0.25, 0.3) is 0 Å². The number of rotatable bonds is 2. The molecular weight excluding hydrogens is 307 g/mol. The summed E-state index contributed by atoms with van der Waals surface area (Å²) in [6, 6.07) is 0.913. The fourth-order valence-corrected chi connectivity index (χ4v) is 2.71. The first kappa shape index (κ1) is 15.8. The van der Waals surface area contributed by atoms with E-state index in [0.29, 0.717) is 12.5 Å². The molecule has 5 nitrogen and oxygen atoms in total. The van der Waals surface area contributed by atoms with Crippen LogP contribution in [0.4, 0.5) is 19.1 Å². The number of aromatic nitrogens is 4. The lowest BCUT2D eigenvalue weighted by Crippen LogP contribution is -2.38. The van der Waals surface area contributed by atoms with Crippen molar-refractivity contribution in [3.63, 3.8) is 0 Å². The molecule has 2 aromatic rings. The number of alkyl halides is 3. The summed E-state index contributed by atoms with van der Waals surface area (Å²) in [5.74, 6) is 0.626. The van der Waals surface area contributed by atoms with E-state index in [9.17, 15) is 13.2 Å². The predicted molar refractivity (Wildman–Crippen MR) is 79.2 cm³/mol. The maximum atomic E-state index is 12.7. The number of halogens is 3. The number of piperidine rings is 1. The molecule has 0 amide bonds. The Hall–Kier alpha value is -2.12.